The largest absolute Gasteiger partial charge is 0.465 e. The molecule has 28 heavy (non-hydrogen) atoms. The molecule has 0 spiro atoms. The van der Waals surface area contributed by atoms with Gasteiger partial charge in [-0.15, -0.1) is 11.3 Å². The average molecular weight is 399 g/mol. The topological polar surface area (TPSA) is 94.3 Å². The highest BCUT2D eigenvalue weighted by Gasteiger charge is 2.27. The minimum absolute atomic E-state index is 0.316. The number of pyridine rings is 1. The van der Waals surface area contributed by atoms with Crippen molar-refractivity contribution in [3.05, 3.63) is 39.0 Å². The van der Waals surface area contributed by atoms with Crippen molar-refractivity contribution >= 4 is 39.3 Å². The maximum Gasteiger partial charge on any atom is 0.341 e. The van der Waals surface area contributed by atoms with Crippen molar-refractivity contribution in [3.8, 4) is 0 Å². The van der Waals surface area contributed by atoms with Crippen LogP contribution in [0.15, 0.2) is 10.6 Å². The maximum absolute atomic E-state index is 13.1. The highest BCUT2D eigenvalue weighted by atomic mass is 32.1. The van der Waals surface area contributed by atoms with Gasteiger partial charge in [-0.2, -0.15) is 0 Å². The average Bonchev–Trinajstić information content (AvgIpc) is 3.11. The van der Waals surface area contributed by atoms with Crippen molar-refractivity contribution in [2.75, 3.05) is 12.4 Å². The molecule has 0 bridgehead atoms. The Hall–Kier alpha value is -2.74. The molecule has 146 valence electrons. The maximum atomic E-state index is 13.1. The van der Waals surface area contributed by atoms with E-state index in [0.717, 1.165) is 42.5 Å². The summed E-state index contributed by atoms with van der Waals surface area (Å²) < 4.78 is 10.2. The standard InChI is InChI=1S/C20H21N3O4S/c1-10-9-13(15-11(2)23-27-18(15)21-10)17(24)22-19-16(20(25)26-3)12-7-5-4-6-8-14(12)28-19/h9H,4-8H2,1-3H3,(H,22,24). The van der Waals surface area contributed by atoms with Gasteiger partial charge < -0.3 is 14.6 Å². The Balaban J connectivity index is 1.77. The van der Waals surface area contributed by atoms with Crippen molar-refractivity contribution in [1.29, 1.82) is 0 Å². The molecule has 0 aromatic carbocycles. The van der Waals surface area contributed by atoms with E-state index in [1.54, 1.807) is 19.9 Å². The van der Waals surface area contributed by atoms with Crippen LogP contribution in [0.1, 0.15) is 61.8 Å². The molecule has 1 aliphatic rings. The fourth-order valence-corrected chi connectivity index (χ4v) is 4.99. The molecule has 1 N–H and O–H groups in total. The van der Waals surface area contributed by atoms with Gasteiger partial charge in [-0.1, -0.05) is 11.6 Å². The summed E-state index contributed by atoms with van der Waals surface area (Å²) in [7, 11) is 1.37. The van der Waals surface area contributed by atoms with Crippen LogP contribution in [0.3, 0.4) is 0 Å². The van der Waals surface area contributed by atoms with Crippen LogP contribution in [0.25, 0.3) is 11.1 Å². The van der Waals surface area contributed by atoms with E-state index >= 15 is 0 Å². The highest BCUT2D eigenvalue weighted by Crippen LogP contribution is 2.38. The Morgan fingerprint density at radius 2 is 2.00 bits per heavy atom. The summed E-state index contributed by atoms with van der Waals surface area (Å²) in [4.78, 5) is 31.0. The molecule has 0 saturated heterocycles. The van der Waals surface area contributed by atoms with Crippen LogP contribution in [-0.2, 0) is 17.6 Å². The number of fused-ring (bicyclic) bond motifs is 2. The van der Waals surface area contributed by atoms with Gasteiger partial charge in [-0.25, -0.2) is 9.78 Å². The Kier molecular flexibility index (Phi) is 4.89. The molecule has 1 aliphatic carbocycles. The number of methoxy groups -OCH3 is 1. The van der Waals surface area contributed by atoms with Gasteiger partial charge in [-0.3, -0.25) is 4.79 Å². The van der Waals surface area contributed by atoms with E-state index in [0.29, 0.717) is 38.6 Å². The molecule has 0 atom stereocenters. The van der Waals surface area contributed by atoms with E-state index in [1.807, 2.05) is 0 Å². The summed E-state index contributed by atoms with van der Waals surface area (Å²) in [5.41, 5.74) is 3.52. The smallest absolute Gasteiger partial charge is 0.341 e. The molecule has 7 nitrogen and oxygen atoms in total. The number of anilines is 1. The number of amides is 1. The van der Waals surface area contributed by atoms with Crippen LogP contribution in [0.2, 0.25) is 0 Å². The van der Waals surface area contributed by atoms with Gasteiger partial charge in [0.2, 0.25) is 0 Å². The van der Waals surface area contributed by atoms with Gasteiger partial charge >= 0.3 is 5.97 Å². The lowest BCUT2D eigenvalue weighted by Gasteiger charge is -2.08. The number of hydrogen-bond acceptors (Lipinski definition) is 7. The second-order valence-electron chi connectivity index (χ2n) is 6.97. The number of nitrogens with zero attached hydrogens (tertiary/aromatic N) is 2. The highest BCUT2D eigenvalue weighted by molar-refractivity contribution is 7.17. The lowest BCUT2D eigenvalue weighted by Crippen LogP contribution is -2.15. The predicted molar refractivity (Wildman–Crippen MR) is 106 cm³/mol. The van der Waals surface area contributed by atoms with Gasteiger partial charge in [-0.05, 0) is 51.2 Å². The van der Waals surface area contributed by atoms with E-state index in [-0.39, 0.29) is 5.91 Å². The molecule has 4 rings (SSSR count). The summed E-state index contributed by atoms with van der Waals surface area (Å²) in [5.74, 6) is -0.727. The van der Waals surface area contributed by atoms with Crippen molar-refractivity contribution in [2.45, 2.75) is 46.0 Å². The van der Waals surface area contributed by atoms with E-state index in [4.69, 9.17) is 9.26 Å². The molecular formula is C20H21N3O4S. The fraction of sp³-hybridized carbons (Fsp3) is 0.400. The fourth-order valence-electron chi connectivity index (χ4n) is 3.72. The molecule has 0 saturated carbocycles. The quantitative estimate of drug-likeness (QED) is 0.524. The van der Waals surface area contributed by atoms with E-state index in [1.165, 1.54) is 18.4 Å². The lowest BCUT2D eigenvalue weighted by molar-refractivity contribution is 0.0601. The zero-order valence-electron chi connectivity index (χ0n) is 16.0. The van der Waals surface area contributed by atoms with Gasteiger partial charge in [0, 0.05) is 10.6 Å². The van der Waals surface area contributed by atoms with Gasteiger partial charge in [0.05, 0.1) is 29.3 Å². The lowest BCUT2D eigenvalue weighted by atomic mass is 10.1. The van der Waals surface area contributed by atoms with Crippen molar-refractivity contribution in [3.63, 3.8) is 0 Å². The van der Waals surface area contributed by atoms with Crippen LogP contribution in [0, 0.1) is 13.8 Å². The number of carbonyl (C=O) groups excluding carboxylic acids is 2. The summed E-state index contributed by atoms with van der Waals surface area (Å²) in [5, 5.41) is 7.98. The zero-order valence-corrected chi connectivity index (χ0v) is 16.9. The third-order valence-corrected chi connectivity index (χ3v) is 6.23. The van der Waals surface area contributed by atoms with Crippen LogP contribution in [0.5, 0.6) is 0 Å². The molecule has 8 heteroatoms. The van der Waals surface area contributed by atoms with Gasteiger partial charge in [0.1, 0.15) is 5.00 Å². The summed E-state index contributed by atoms with van der Waals surface area (Å²) in [6, 6.07) is 1.71. The van der Waals surface area contributed by atoms with Crippen molar-refractivity contribution < 1.29 is 18.8 Å². The first-order valence-electron chi connectivity index (χ1n) is 9.27. The van der Waals surface area contributed by atoms with Crippen LogP contribution in [0.4, 0.5) is 5.00 Å². The Morgan fingerprint density at radius 3 is 2.79 bits per heavy atom. The number of aryl methyl sites for hydroxylation is 3. The molecular weight excluding hydrogens is 378 g/mol. The number of nitrogens with one attached hydrogen (secondary N) is 1. The van der Waals surface area contributed by atoms with E-state index < -0.39 is 5.97 Å². The second kappa shape index (κ2) is 7.35. The molecule has 0 fully saturated rings. The second-order valence-corrected chi connectivity index (χ2v) is 8.08. The number of aromatic nitrogens is 2. The number of carbonyl (C=O) groups is 2. The van der Waals surface area contributed by atoms with Crippen LogP contribution in [-0.4, -0.2) is 29.1 Å². The molecule has 1 amide bonds. The monoisotopic (exact) mass is 399 g/mol. The van der Waals surface area contributed by atoms with Gasteiger partial charge in [0.25, 0.3) is 11.6 Å². The summed E-state index contributed by atoms with van der Waals surface area (Å²) in [6.45, 7) is 3.56. The zero-order chi connectivity index (χ0) is 19.8. The first-order chi connectivity index (χ1) is 13.5. The summed E-state index contributed by atoms with van der Waals surface area (Å²) >= 11 is 1.47. The number of ether oxygens (including phenoxy) is 1. The molecule has 0 unspecified atom stereocenters. The Morgan fingerprint density at radius 1 is 1.21 bits per heavy atom. The number of rotatable bonds is 3. The summed E-state index contributed by atoms with van der Waals surface area (Å²) in [6.07, 6.45) is 5.01. The molecule has 3 aromatic rings. The van der Waals surface area contributed by atoms with Gasteiger partial charge in [0.15, 0.2) is 0 Å². The third kappa shape index (κ3) is 3.17. The third-order valence-electron chi connectivity index (χ3n) is 5.03. The normalized spacial score (nSPS) is 13.8. The predicted octanol–water partition coefficient (Wildman–Crippen LogP) is 4.21. The molecule has 0 radical (unpaired) electrons. The van der Waals surface area contributed by atoms with E-state index in [2.05, 4.69) is 15.5 Å². The van der Waals surface area contributed by atoms with Crippen LogP contribution < -0.4 is 5.32 Å². The van der Waals surface area contributed by atoms with Crippen LogP contribution >= 0.6 is 11.3 Å². The Labute approximate surface area is 166 Å². The number of hydrogen-bond donors (Lipinski definition) is 1. The first-order valence-corrected chi connectivity index (χ1v) is 10.1. The molecule has 3 heterocycles. The van der Waals surface area contributed by atoms with Crippen molar-refractivity contribution in [1.82, 2.24) is 10.1 Å². The SMILES string of the molecule is COC(=O)c1c(NC(=O)c2cc(C)nc3onc(C)c23)sc2c1CCCCC2. The first kappa shape index (κ1) is 18.6. The van der Waals surface area contributed by atoms with Crippen molar-refractivity contribution in [2.24, 2.45) is 0 Å². The molecule has 0 aliphatic heterocycles. The minimum Gasteiger partial charge on any atom is -0.465 e. The minimum atomic E-state index is -0.410. The number of esters is 1. The number of thiophene rings is 1. The van der Waals surface area contributed by atoms with E-state index in [9.17, 15) is 9.59 Å². The molecule has 3 aromatic heterocycles. The Bertz CT molecular complexity index is 1080.